The van der Waals surface area contributed by atoms with Gasteiger partial charge in [0.15, 0.2) is 5.16 Å². The van der Waals surface area contributed by atoms with Gasteiger partial charge in [-0.2, -0.15) is 0 Å². The molecule has 5 nitrogen and oxygen atoms in total. The largest absolute Gasteiger partial charge is 0.325 e. The molecule has 6 heteroatoms. The monoisotopic (exact) mass is 338 g/mol. The number of para-hydroxylation sites is 1. The van der Waals surface area contributed by atoms with E-state index in [4.69, 9.17) is 0 Å². The Balaban J connectivity index is 1.60. The number of carbonyl (C=O) groups excluding carboxylic acids is 1. The van der Waals surface area contributed by atoms with Crippen LogP contribution in [0.5, 0.6) is 0 Å². The summed E-state index contributed by atoms with van der Waals surface area (Å²) in [6.45, 7) is 2.10. The van der Waals surface area contributed by atoms with Gasteiger partial charge < -0.3 is 5.32 Å². The molecule has 0 bridgehead atoms. The van der Waals surface area contributed by atoms with Gasteiger partial charge in [0, 0.05) is 11.4 Å². The van der Waals surface area contributed by atoms with E-state index in [1.807, 2.05) is 59.2 Å². The molecule has 2 aromatic carbocycles. The van der Waals surface area contributed by atoms with Crippen LogP contribution in [0.4, 0.5) is 5.69 Å². The quantitative estimate of drug-likeness (QED) is 0.698. The van der Waals surface area contributed by atoms with E-state index in [0.717, 1.165) is 17.8 Å². The summed E-state index contributed by atoms with van der Waals surface area (Å²) in [6.07, 6.45) is 2.64. The number of aromatic nitrogens is 3. The molecule has 1 heterocycles. The SMILES string of the molecule is CCc1ccc(NC(=O)CSc2nncn2-c2ccccc2)cc1. The lowest BCUT2D eigenvalue weighted by atomic mass is 10.1. The molecule has 0 unspecified atom stereocenters. The van der Waals surface area contributed by atoms with Crippen LogP contribution in [0.25, 0.3) is 5.69 Å². The number of amides is 1. The van der Waals surface area contributed by atoms with Gasteiger partial charge in [0.1, 0.15) is 6.33 Å². The van der Waals surface area contributed by atoms with E-state index in [1.54, 1.807) is 6.33 Å². The summed E-state index contributed by atoms with van der Waals surface area (Å²) >= 11 is 1.36. The number of thioether (sulfide) groups is 1. The molecule has 0 spiro atoms. The molecule has 3 aromatic rings. The molecule has 122 valence electrons. The fraction of sp³-hybridized carbons (Fsp3) is 0.167. The minimum absolute atomic E-state index is 0.0631. The molecule has 0 fully saturated rings. The van der Waals surface area contributed by atoms with Gasteiger partial charge in [0.05, 0.1) is 5.75 Å². The molecule has 0 aliphatic rings. The second-order valence-electron chi connectivity index (χ2n) is 5.21. The fourth-order valence-electron chi connectivity index (χ4n) is 2.24. The summed E-state index contributed by atoms with van der Waals surface area (Å²) in [5, 5.41) is 11.6. The van der Waals surface area contributed by atoms with Crippen LogP contribution in [0.2, 0.25) is 0 Å². The van der Waals surface area contributed by atoms with Crippen molar-refractivity contribution in [3.63, 3.8) is 0 Å². The molecule has 0 atom stereocenters. The van der Waals surface area contributed by atoms with Gasteiger partial charge in [-0.25, -0.2) is 0 Å². The van der Waals surface area contributed by atoms with E-state index in [-0.39, 0.29) is 11.7 Å². The summed E-state index contributed by atoms with van der Waals surface area (Å²) in [6, 6.07) is 17.7. The van der Waals surface area contributed by atoms with Crippen LogP contribution in [0.1, 0.15) is 12.5 Å². The number of rotatable bonds is 6. The van der Waals surface area contributed by atoms with Crippen LogP contribution < -0.4 is 5.32 Å². The van der Waals surface area contributed by atoms with Crippen LogP contribution >= 0.6 is 11.8 Å². The minimum Gasteiger partial charge on any atom is -0.325 e. The third kappa shape index (κ3) is 4.02. The molecule has 0 radical (unpaired) electrons. The van der Waals surface area contributed by atoms with Gasteiger partial charge in [-0.3, -0.25) is 9.36 Å². The summed E-state index contributed by atoms with van der Waals surface area (Å²) < 4.78 is 1.87. The Morgan fingerprint density at radius 3 is 2.58 bits per heavy atom. The van der Waals surface area contributed by atoms with Crippen molar-refractivity contribution in [3.05, 3.63) is 66.5 Å². The first-order valence-corrected chi connectivity index (χ1v) is 8.72. The lowest BCUT2D eigenvalue weighted by Gasteiger charge is -2.07. The van der Waals surface area contributed by atoms with E-state index in [1.165, 1.54) is 17.3 Å². The van der Waals surface area contributed by atoms with E-state index in [0.29, 0.717) is 5.16 Å². The van der Waals surface area contributed by atoms with Crippen LogP contribution in [0, 0.1) is 0 Å². The molecular weight excluding hydrogens is 320 g/mol. The molecule has 1 N–H and O–H groups in total. The Bertz CT molecular complexity index is 799. The predicted molar refractivity (Wildman–Crippen MR) is 96.5 cm³/mol. The molecule has 1 aromatic heterocycles. The molecule has 3 rings (SSSR count). The Morgan fingerprint density at radius 1 is 1.12 bits per heavy atom. The summed E-state index contributed by atoms with van der Waals surface area (Å²) in [4.78, 5) is 12.1. The third-order valence-corrected chi connectivity index (χ3v) is 4.47. The Morgan fingerprint density at radius 2 is 1.88 bits per heavy atom. The number of nitrogens with one attached hydrogen (secondary N) is 1. The standard InChI is InChI=1S/C18H18N4OS/c1-2-14-8-10-15(11-9-14)20-17(23)12-24-18-21-19-13-22(18)16-6-4-3-5-7-16/h3-11,13H,2,12H2,1H3,(H,20,23). The first-order valence-electron chi connectivity index (χ1n) is 7.73. The van der Waals surface area contributed by atoms with E-state index >= 15 is 0 Å². The first kappa shape index (κ1) is 16.3. The highest BCUT2D eigenvalue weighted by molar-refractivity contribution is 7.99. The van der Waals surface area contributed by atoms with Gasteiger partial charge >= 0.3 is 0 Å². The van der Waals surface area contributed by atoms with Crippen LogP contribution in [0.3, 0.4) is 0 Å². The molecule has 24 heavy (non-hydrogen) atoms. The van der Waals surface area contributed by atoms with Crippen molar-refractivity contribution < 1.29 is 4.79 Å². The van der Waals surface area contributed by atoms with E-state index < -0.39 is 0 Å². The van der Waals surface area contributed by atoms with Crippen LogP contribution in [0.15, 0.2) is 66.1 Å². The number of hydrogen-bond donors (Lipinski definition) is 1. The smallest absolute Gasteiger partial charge is 0.234 e. The number of carbonyl (C=O) groups is 1. The number of anilines is 1. The molecule has 0 saturated heterocycles. The van der Waals surface area contributed by atoms with Crippen molar-refractivity contribution in [1.82, 2.24) is 14.8 Å². The maximum atomic E-state index is 12.1. The average molecular weight is 338 g/mol. The summed E-state index contributed by atoms with van der Waals surface area (Å²) in [7, 11) is 0. The lowest BCUT2D eigenvalue weighted by Crippen LogP contribution is -2.14. The van der Waals surface area contributed by atoms with Gasteiger partial charge in [0.2, 0.25) is 5.91 Å². The van der Waals surface area contributed by atoms with Gasteiger partial charge in [-0.15, -0.1) is 10.2 Å². The molecular formula is C18H18N4OS. The molecule has 1 amide bonds. The molecule has 0 aliphatic carbocycles. The third-order valence-electron chi connectivity index (χ3n) is 3.53. The first-order chi connectivity index (χ1) is 11.8. The van der Waals surface area contributed by atoms with Gasteiger partial charge in [0.25, 0.3) is 0 Å². The summed E-state index contributed by atoms with van der Waals surface area (Å²) in [5.74, 6) is 0.216. The Hall–Kier alpha value is -2.60. The zero-order chi connectivity index (χ0) is 16.8. The highest BCUT2D eigenvalue weighted by Crippen LogP contribution is 2.19. The lowest BCUT2D eigenvalue weighted by molar-refractivity contribution is -0.113. The Labute approximate surface area is 145 Å². The average Bonchev–Trinajstić information content (AvgIpc) is 3.10. The van der Waals surface area contributed by atoms with Gasteiger partial charge in [-0.1, -0.05) is 49.0 Å². The molecule has 0 saturated carbocycles. The number of nitrogens with zero attached hydrogens (tertiary/aromatic N) is 3. The second-order valence-corrected chi connectivity index (χ2v) is 6.15. The number of aryl methyl sites for hydroxylation is 1. The van der Waals surface area contributed by atoms with Crippen molar-refractivity contribution in [1.29, 1.82) is 0 Å². The van der Waals surface area contributed by atoms with Crippen molar-refractivity contribution >= 4 is 23.4 Å². The highest BCUT2D eigenvalue weighted by Gasteiger charge is 2.10. The highest BCUT2D eigenvalue weighted by atomic mass is 32.2. The number of hydrogen-bond acceptors (Lipinski definition) is 4. The Kier molecular flexibility index (Phi) is 5.28. The van der Waals surface area contributed by atoms with Crippen molar-refractivity contribution in [2.45, 2.75) is 18.5 Å². The van der Waals surface area contributed by atoms with Crippen LogP contribution in [-0.2, 0) is 11.2 Å². The van der Waals surface area contributed by atoms with Crippen molar-refractivity contribution in [3.8, 4) is 5.69 Å². The number of benzene rings is 2. The fourth-order valence-corrected chi connectivity index (χ4v) is 2.97. The molecule has 0 aliphatic heterocycles. The van der Waals surface area contributed by atoms with Crippen molar-refractivity contribution in [2.24, 2.45) is 0 Å². The van der Waals surface area contributed by atoms with Gasteiger partial charge in [-0.05, 0) is 36.2 Å². The van der Waals surface area contributed by atoms with E-state index in [9.17, 15) is 4.79 Å². The normalized spacial score (nSPS) is 10.5. The van der Waals surface area contributed by atoms with E-state index in [2.05, 4.69) is 22.4 Å². The second kappa shape index (κ2) is 7.79. The topological polar surface area (TPSA) is 59.8 Å². The maximum absolute atomic E-state index is 12.1. The van der Waals surface area contributed by atoms with Crippen molar-refractivity contribution in [2.75, 3.05) is 11.1 Å². The maximum Gasteiger partial charge on any atom is 0.234 e. The summed E-state index contributed by atoms with van der Waals surface area (Å²) in [5.41, 5.74) is 3.03. The predicted octanol–water partition coefficient (Wildman–Crippen LogP) is 3.56. The minimum atomic E-state index is -0.0631. The zero-order valence-electron chi connectivity index (χ0n) is 13.3. The van der Waals surface area contributed by atoms with Crippen LogP contribution in [-0.4, -0.2) is 26.4 Å². The zero-order valence-corrected chi connectivity index (χ0v) is 14.2.